The molecule has 1 aromatic carbocycles. The number of amides is 1. The second-order valence-electron chi connectivity index (χ2n) is 6.87. The van der Waals surface area contributed by atoms with Gasteiger partial charge in [-0.2, -0.15) is 4.31 Å². The van der Waals surface area contributed by atoms with Gasteiger partial charge < -0.3 is 10.4 Å². The molecule has 0 aromatic heterocycles. The Labute approximate surface area is 149 Å². The van der Waals surface area contributed by atoms with Crippen LogP contribution in [0.3, 0.4) is 0 Å². The summed E-state index contributed by atoms with van der Waals surface area (Å²) in [5.74, 6) is -1.30. The summed E-state index contributed by atoms with van der Waals surface area (Å²) in [5.41, 5.74) is -0.368. The Morgan fingerprint density at radius 1 is 1.20 bits per heavy atom. The van der Waals surface area contributed by atoms with Gasteiger partial charge in [-0.25, -0.2) is 8.42 Å². The van der Waals surface area contributed by atoms with Gasteiger partial charge in [-0.05, 0) is 58.4 Å². The van der Waals surface area contributed by atoms with Crippen molar-refractivity contribution in [2.75, 3.05) is 7.05 Å². The average Bonchev–Trinajstić information content (AvgIpc) is 2.52. The maximum atomic E-state index is 12.4. The van der Waals surface area contributed by atoms with E-state index in [1.54, 1.807) is 27.7 Å². The van der Waals surface area contributed by atoms with Gasteiger partial charge in [-0.1, -0.05) is 0 Å². The number of carboxylic acid groups (broad SMARTS) is 1. The maximum absolute atomic E-state index is 12.4. The number of carbonyl (C=O) groups is 2. The van der Waals surface area contributed by atoms with E-state index in [-0.39, 0.29) is 23.3 Å². The molecule has 1 amide bonds. The van der Waals surface area contributed by atoms with Crippen molar-refractivity contribution in [3.05, 3.63) is 29.8 Å². The van der Waals surface area contributed by atoms with Crippen molar-refractivity contribution < 1.29 is 23.1 Å². The second-order valence-corrected chi connectivity index (χ2v) is 8.87. The first-order valence-corrected chi connectivity index (χ1v) is 9.43. The molecule has 0 saturated carbocycles. The third kappa shape index (κ3) is 5.82. The fourth-order valence-corrected chi connectivity index (χ4v) is 3.45. The van der Waals surface area contributed by atoms with Crippen molar-refractivity contribution in [3.63, 3.8) is 0 Å². The van der Waals surface area contributed by atoms with Crippen molar-refractivity contribution in [2.24, 2.45) is 0 Å². The Hall–Kier alpha value is -1.93. The zero-order valence-corrected chi connectivity index (χ0v) is 16.1. The minimum Gasteiger partial charge on any atom is -0.481 e. The lowest BCUT2D eigenvalue weighted by atomic mass is 9.98. The van der Waals surface area contributed by atoms with Gasteiger partial charge in [0.15, 0.2) is 0 Å². The van der Waals surface area contributed by atoms with E-state index in [2.05, 4.69) is 5.32 Å². The summed E-state index contributed by atoms with van der Waals surface area (Å²) in [6.07, 6.45) is 0.242. The first kappa shape index (κ1) is 21.1. The van der Waals surface area contributed by atoms with Gasteiger partial charge in [0.25, 0.3) is 5.91 Å². The van der Waals surface area contributed by atoms with E-state index in [0.717, 1.165) is 0 Å². The van der Waals surface area contributed by atoms with Crippen LogP contribution >= 0.6 is 0 Å². The largest absolute Gasteiger partial charge is 0.481 e. The molecule has 0 atom stereocenters. The molecule has 0 spiro atoms. The van der Waals surface area contributed by atoms with Gasteiger partial charge >= 0.3 is 5.97 Å². The first-order valence-electron chi connectivity index (χ1n) is 7.99. The number of rotatable bonds is 8. The van der Waals surface area contributed by atoms with E-state index < -0.39 is 21.5 Å². The number of benzene rings is 1. The number of aliphatic carboxylic acids is 1. The maximum Gasteiger partial charge on any atom is 0.303 e. The van der Waals surface area contributed by atoms with Gasteiger partial charge in [0.2, 0.25) is 10.0 Å². The molecule has 8 heteroatoms. The van der Waals surface area contributed by atoms with E-state index in [9.17, 15) is 18.0 Å². The van der Waals surface area contributed by atoms with E-state index in [1.165, 1.54) is 35.6 Å². The van der Waals surface area contributed by atoms with Gasteiger partial charge in [-0.3, -0.25) is 9.59 Å². The molecule has 0 fully saturated rings. The highest BCUT2D eigenvalue weighted by atomic mass is 32.2. The molecule has 0 saturated heterocycles. The molecule has 0 bridgehead atoms. The quantitative estimate of drug-likeness (QED) is 0.729. The van der Waals surface area contributed by atoms with Crippen LogP contribution < -0.4 is 5.32 Å². The third-order valence-electron chi connectivity index (χ3n) is 3.94. The van der Waals surface area contributed by atoms with Crippen molar-refractivity contribution in [2.45, 2.75) is 57.0 Å². The van der Waals surface area contributed by atoms with Gasteiger partial charge in [0.1, 0.15) is 0 Å². The van der Waals surface area contributed by atoms with Crippen LogP contribution in [0.25, 0.3) is 0 Å². The number of carboxylic acids is 1. The summed E-state index contributed by atoms with van der Waals surface area (Å²) < 4.78 is 26.1. The molecule has 25 heavy (non-hydrogen) atoms. The Balaban J connectivity index is 2.89. The summed E-state index contributed by atoms with van der Waals surface area (Å²) in [5, 5.41) is 11.5. The summed E-state index contributed by atoms with van der Waals surface area (Å²) in [4.78, 5) is 23.1. The van der Waals surface area contributed by atoms with E-state index in [0.29, 0.717) is 12.0 Å². The minimum atomic E-state index is -3.60. The van der Waals surface area contributed by atoms with Crippen LogP contribution in [0.1, 0.15) is 50.9 Å². The van der Waals surface area contributed by atoms with Gasteiger partial charge in [0.05, 0.1) is 4.90 Å². The molecule has 2 N–H and O–H groups in total. The summed E-state index contributed by atoms with van der Waals surface area (Å²) in [6.45, 7) is 7.03. The fraction of sp³-hybridized carbons (Fsp3) is 0.529. The molecule has 0 aliphatic rings. The highest BCUT2D eigenvalue weighted by Gasteiger charge is 2.25. The molecule has 0 aliphatic carbocycles. The SMILES string of the molecule is CC(C)N(C)S(=O)(=O)c1ccc(C(=O)NC(C)(C)CCC(=O)O)cc1. The number of hydrogen-bond donors (Lipinski definition) is 2. The van der Waals surface area contributed by atoms with Crippen LogP contribution in [-0.2, 0) is 14.8 Å². The standard InChI is InChI=1S/C17H26N2O5S/c1-12(2)19(5)25(23,24)14-8-6-13(7-9-14)16(22)18-17(3,4)11-10-15(20)21/h6-9,12H,10-11H2,1-5H3,(H,18,22)(H,20,21). The molecule has 0 heterocycles. The molecular weight excluding hydrogens is 344 g/mol. The number of nitrogens with one attached hydrogen (secondary N) is 1. The zero-order valence-electron chi connectivity index (χ0n) is 15.2. The molecule has 1 aromatic rings. The molecule has 0 radical (unpaired) electrons. The zero-order chi connectivity index (χ0) is 19.4. The minimum absolute atomic E-state index is 0.0496. The Kier molecular flexibility index (Phi) is 6.73. The van der Waals surface area contributed by atoms with E-state index in [4.69, 9.17) is 5.11 Å². The van der Waals surface area contributed by atoms with Crippen LogP contribution in [0.2, 0.25) is 0 Å². The Morgan fingerprint density at radius 2 is 1.72 bits per heavy atom. The lowest BCUT2D eigenvalue weighted by Crippen LogP contribution is -2.43. The van der Waals surface area contributed by atoms with Gasteiger partial charge in [-0.15, -0.1) is 0 Å². The summed E-state index contributed by atoms with van der Waals surface area (Å²) >= 11 is 0. The highest BCUT2D eigenvalue weighted by molar-refractivity contribution is 7.89. The average molecular weight is 370 g/mol. The molecule has 1 rings (SSSR count). The topological polar surface area (TPSA) is 104 Å². The predicted octanol–water partition coefficient (Wildman–Crippen LogP) is 2.09. The molecular formula is C17H26N2O5S. The lowest BCUT2D eigenvalue weighted by Gasteiger charge is -2.25. The molecule has 0 unspecified atom stereocenters. The van der Waals surface area contributed by atoms with Crippen molar-refractivity contribution in [1.29, 1.82) is 0 Å². The fourth-order valence-electron chi connectivity index (χ4n) is 2.08. The number of carbonyl (C=O) groups excluding carboxylic acids is 1. The lowest BCUT2D eigenvalue weighted by molar-refractivity contribution is -0.137. The number of nitrogens with zero attached hydrogens (tertiary/aromatic N) is 1. The number of hydrogen-bond acceptors (Lipinski definition) is 4. The van der Waals surface area contributed by atoms with Crippen LogP contribution in [0.5, 0.6) is 0 Å². The highest BCUT2D eigenvalue weighted by Crippen LogP contribution is 2.18. The summed E-state index contributed by atoms with van der Waals surface area (Å²) in [7, 11) is -2.09. The van der Waals surface area contributed by atoms with Crippen LogP contribution in [0.4, 0.5) is 0 Å². The van der Waals surface area contributed by atoms with Gasteiger partial charge in [0, 0.05) is 30.6 Å². The normalized spacial score (nSPS) is 12.4. The van der Waals surface area contributed by atoms with E-state index in [1.807, 2.05) is 0 Å². The smallest absolute Gasteiger partial charge is 0.303 e. The van der Waals surface area contributed by atoms with Crippen LogP contribution in [0.15, 0.2) is 29.2 Å². The second kappa shape index (κ2) is 7.97. The van der Waals surface area contributed by atoms with Crippen molar-refractivity contribution >= 4 is 21.9 Å². The van der Waals surface area contributed by atoms with Crippen molar-refractivity contribution in [1.82, 2.24) is 9.62 Å². The third-order valence-corrected chi connectivity index (χ3v) is 5.98. The van der Waals surface area contributed by atoms with Crippen LogP contribution in [-0.4, -0.2) is 48.3 Å². The van der Waals surface area contributed by atoms with E-state index >= 15 is 0 Å². The van der Waals surface area contributed by atoms with Crippen LogP contribution in [0, 0.1) is 0 Å². The van der Waals surface area contributed by atoms with Crippen molar-refractivity contribution in [3.8, 4) is 0 Å². The summed E-state index contributed by atoms with van der Waals surface area (Å²) in [6, 6.07) is 5.51. The monoisotopic (exact) mass is 370 g/mol. The Morgan fingerprint density at radius 3 is 2.16 bits per heavy atom. The molecule has 7 nitrogen and oxygen atoms in total. The Bertz CT molecular complexity index is 724. The predicted molar refractivity (Wildman–Crippen MR) is 94.9 cm³/mol. The molecule has 140 valence electrons. The number of sulfonamides is 1. The molecule has 0 aliphatic heterocycles. The first-order chi connectivity index (χ1) is 11.4.